The molecule has 26 heavy (non-hydrogen) atoms. The predicted molar refractivity (Wildman–Crippen MR) is 99.8 cm³/mol. The number of aromatic nitrogens is 2. The fourth-order valence-electron chi connectivity index (χ4n) is 2.54. The Labute approximate surface area is 153 Å². The molecule has 0 saturated heterocycles. The summed E-state index contributed by atoms with van der Waals surface area (Å²) in [6, 6.07) is 11.1. The molecule has 1 aromatic heterocycles. The molecule has 0 aliphatic heterocycles. The third-order valence-corrected chi connectivity index (χ3v) is 4.10. The molecule has 2 aromatic carbocycles. The number of nitrogens with one attached hydrogen (secondary N) is 2. The van der Waals surface area contributed by atoms with Crippen LogP contribution in [-0.2, 0) is 7.05 Å². The van der Waals surface area contributed by atoms with Crippen LogP contribution in [0.4, 0.5) is 5.69 Å². The van der Waals surface area contributed by atoms with E-state index in [1.807, 2.05) is 0 Å². The minimum absolute atomic E-state index is 0.232. The van der Waals surface area contributed by atoms with Gasteiger partial charge in [-0.15, -0.1) is 0 Å². The predicted octanol–water partition coefficient (Wildman–Crippen LogP) is 2.20. The van der Waals surface area contributed by atoms with Gasteiger partial charge in [-0.3, -0.25) is 19.1 Å². The molecule has 7 nitrogen and oxygen atoms in total. The number of nitrogens with zero attached hydrogens (tertiary/aromatic N) is 2. The zero-order valence-electron chi connectivity index (χ0n) is 14.0. The molecule has 0 fully saturated rings. The largest absolute Gasteiger partial charge is 0.355 e. The second-order valence-electron chi connectivity index (χ2n) is 5.57. The summed E-state index contributed by atoms with van der Waals surface area (Å²) in [6.07, 6.45) is 0. The van der Waals surface area contributed by atoms with Crippen LogP contribution >= 0.6 is 11.6 Å². The number of amides is 2. The van der Waals surface area contributed by atoms with Gasteiger partial charge in [0.1, 0.15) is 0 Å². The third-order valence-electron chi connectivity index (χ3n) is 3.86. The van der Waals surface area contributed by atoms with E-state index in [2.05, 4.69) is 15.7 Å². The average molecular weight is 371 g/mol. The lowest BCUT2D eigenvalue weighted by molar-refractivity contribution is 0.0962. The molecule has 8 heteroatoms. The summed E-state index contributed by atoms with van der Waals surface area (Å²) < 4.78 is 1.46. The van der Waals surface area contributed by atoms with Crippen molar-refractivity contribution in [2.45, 2.75) is 0 Å². The summed E-state index contributed by atoms with van der Waals surface area (Å²) in [5.41, 5.74) is 0.737. The van der Waals surface area contributed by atoms with Crippen molar-refractivity contribution in [3.05, 3.63) is 69.0 Å². The maximum absolute atomic E-state index is 12.6. The standard InChI is InChI=1S/C18H15ClN4O3/c1-20-17(25)10-3-6-12(7-4-10)21-18(26)15-16(24)13-9-11(19)5-8-14(13)23(2)22-15/h3-9H,1-2H3,(H,20,25)(H,21,26). The van der Waals surface area contributed by atoms with Crippen molar-refractivity contribution in [2.75, 3.05) is 12.4 Å². The molecular formula is C18H15ClN4O3. The molecule has 3 rings (SSSR count). The molecule has 0 aliphatic rings. The molecule has 0 radical (unpaired) electrons. The summed E-state index contributed by atoms with van der Waals surface area (Å²) in [7, 11) is 3.18. The Bertz CT molecular complexity index is 1070. The van der Waals surface area contributed by atoms with Gasteiger partial charge in [0.05, 0.1) is 10.9 Å². The molecule has 0 spiro atoms. The summed E-state index contributed by atoms with van der Waals surface area (Å²) in [5, 5.41) is 9.91. The number of fused-ring (bicyclic) bond motifs is 1. The topological polar surface area (TPSA) is 93.1 Å². The number of anilines is 1. The van der Waals surface area contributed by atoms with Crippen LogP contribution in [0.1, 0.15) is 20.8 Å². The molecule has 3 aromatic rings. The van der Waals surface area contributed by atoms with Crippen molar-refractivity contribution in [2.24, 2.45) is 7.05 Å². The van der Waals surface area contributed by atoms with Gasteiger partial charge in [0.2, 0.25) is 5.43 Å². The van der Waals surface area contributed by atoms with E-state index in [-0.39, 0.29) is 11.6 Å². The fraction of sp³-hybridized carbons (Fsp3) is 0.111. The van der Waals surface area contributed by atoms with E-state index in [4.69, 9.17) is 11.6 Å². The van der Waals surface area contributed by atoms with Crippen LogP contribution in [0.2, 0.25) is 5.02 Å². The first kappa shape index (κ1) is 17.6. The van der Waals surface area contributed by atoms with Gasteiger partial charge in [0, 0.05) is 30.4 Å². The van der Waals surface area contributed by atoms with Gasteiger partial charge in [-0.25, -0.2) is 0 Å². The molecule has 0 aliphatic carbocycles. The van der Waals surface area contributed by atoms with Gasteiger partial charge < -0.3 is 10.6 Å². The van der Waals surface area contributed by atoms with Crippen molar-refractivity contribution in [1.29, 1.82) is 0 Å². The SMILES string of the molecule is CNC(=O)c1ccc(NC(=O)c2nn(C)c3ccc(Cl)cc3c2=O)cc1. The van der Waals surface area contributed by atoms with Crippen LogP contribution < -0.4 is 16.1 Å². The summed E-state index contributed by atoms with van der Waals surface area (Å²) in [5.74, 6) is -0.870. The van der Waals surface area contributed by atoms with E-state index in [1.165, 1.54) is 17.8 Å². The summed E-state index contributed by atoms with van der Waals surface area (Å²) >= 11 is 5.96. The normalized spacial score (nSPS) is 10.6. The van der Waals surface area contributed by atoms with E-state index in [0.29, 0.717) is 27.2 Å². The maximum Gasteiger partial charge on any atom is 0.280 e. The number of aryl methyl sites for hydroxylation is 1. The Morgan fingerprint density at radius 3 is 2.42 bits per heavy atom. The minimum atomic E-state index is -0.639. The van der Waals surface area contributed by atoms with Crippen molar-refractivity contribution in [3.63, 3.8) is 0 Å². The molecule has 2 N–H and O–H groups in total. The highest BCUT2D eigenvalue weighted by Gasteiger charge is 2.17. The smallest absolute Gasteiger partial charge is 0.280 e. The molecule has 0 atom stereocenters. The van der Waals surface area contributed by atoms with Crippen LogP contribution in [0.25, 0.3) is 10.9 Å². The summed E-state index contributed by atoms with van der Waals surface area (Å²) in [6.45, 7) is 0. The minimum Gasteiger partial charge on any atom is -0.355 e. The number of halogens is 1. The third kappa shape index (κ3) is 3.29. The first-order valence-electron chi connectivity index (χ1n) is 7.71. The first-order chi connectivity index (χ1) is 12.4. The molecule has 0 saturated carbocycles. The van der Waals surface area contributed by atoms with Gasteiger partial charge in [0.15, 0.2) is 5.69 Å². The molecular weight excluding hydrogens is 356 g/mol. The van der Waals surface area contributed by atoms with Gasteiger partial charge in [-0.2, -0.15) is 5.10 Å². The van der Waals surface area contributed by atoms with Crippen molar-refractivity contribution in [3.8, 4) is 0 Å². The molecule has 1 heterocycles. The number of rotatable bonds is 3. The van der Waals surface area contributed by atoms with E-state index in [1.54, 1.807) is 43.4 Å². The lowest BCUT2D eigenvalue weighted by Crippen LogP contribution is -2.26. The average Bonchev–Trinajstić information content (AvgIpc) is 2.64. The molecule has 0 bridgehead atoms. The number of hydrogen-bond acceptors (Lipinski definition) is 4. The van der Waals surface area contributed by atoms with Crippen LogP contribution in [0.15, 0.2) is 47.3 Å². The maximum atomic E-state index is 12.6. The first-order valence-corrected chi connectivity index (χ1v) is 8.08. The lowest BCUT2D eigenvalue weighted by atomic mass is 10.1. The highest BCUT2D eigenvalue weighted by Crippen LogP contribution is 2.16. The Kier molecular flexibility index (Phi) is 4.73. The second-order valence-corrected chi connectivity index (χ2v) is 6.01. The number of hydrogen-bond donors (Lipinski definition) is 2. The van der Waals surface area contributed by atoms with E-state index in [9.17, 15) is 14.4 Å². The van der Waals surface area contributed by atoms with Crippen LogP contribution in [0.3, 0.4) is 0 Å². The number of benzene rings is 2. The van der Waals surface area contributed by atoms with Crippen molar-refractivity contribution >= 4 is 40.0 Å². The Balaban J connectivity index is 1.94. The zero-order valence-corrected chi connectivity index (χ0v) is 14.8. The monoisotopic (exact) mass is 370 g/mol. The van der Waals surface area contributed by atoms with Crippen molar-refractivity contribution in [1.82, 2.24) is 15.1 Å². The highest BCUT2D eigenvalue weighted by molar-refractivity contribution is 6.31. The van der Waals surface area contributed by atoms with Gasteiger partial charge in [-0.1, -0.05) is 11.6 Å². The van der Waals surface area contributed by atoms with E-state index < -0.39 is 11.3 Å². The van der Waals surface area contributed by atoms with Crippen LogP contribution in [-0.4, -0.2) is 28.6 Å². The highest BCUT2D eigenvalue weighted by atomic mass is 35.5. The van der Waals surface area contributed by atoms with Crippen molar-refractivity contribution < 1.29 is 9.59 Å². The van der Waals surface area contributed by atoms with Gasteiger partial charge in [0.25, 0.3) is 11.8 Å². The molecule has 0 unspecified atom stereocenters. The number of carbonyl (C=O) groups excluding carboxylic acids is 2. The van der Waals surface area contributed by atoms with Gasteiger partial charge >= 0.3 is 0 Å². The molecule has 132 valence electrons. The Morgan fingerprint density at radius 2 is 1.77 bits per heavy atom. The quantitative estimate of drug-likeness (QED) is 0.739. The van der Waals surface area contributed by atoms with E-state index >= 15 is 0 Å². The van der Waals surface area contributed by atoms with Crippen LogP contribution in [0.5, 0.6) is 0 Å². The zero-order chi connectivity index (χ0) is 18.8. The Morgan fingerprint density at radius 1 is 1.08 bits per heavy atom. The number of carbonyl (C=O) groups is 2. The fourth-order valence-corrected chi connectivity index (χ4v) is 2.71. The Hall–Kier alpha value is -3.19. The van der Waals surface area contributed by atoms with Gasteiger partial charge in [-0.05, 0) is 42.5 Å². The van der Waals surface area contributed by atoms with Crippen LogP contribution in [0, 0.1) is 0 Å². The second kappa shape index (κ2) is 6.97. The van der Waals surface area contributed by atoms with E-state index in [0.717, 1.165) is 0 Å². The molecule has 2 amide bonds. The lowest BCUT2D eigenvalue weighted by Gasteiger charge is -2.09. The summed E-state index contributed by atoms with van der Waals surface area (Å²) in [4.78, 5) is 36.6.